The number of ether oxygens (including phenoxy) is 2. The zero-order valence-electron chi connectivity index (χ0n) is 35.6. The van der Waals surface area contributed by atoms with Crippen molar-refractivity contribution in [2.75, 3.05) is 31.8 Å². The van der Waals surface area contributed by atoms with Crippen LogP contribution in [0.5, 0.6) is 0 Å². The van der Waals surface area contributed by atoms with Gasteiger partial charge in [0.2, 0.25) is 0 Å². The molecule has 0 N–H and O–H groups in total. The largest absolute Gasteiger partial charge is 0.464 e. The molecular weight excluding hydrogens is 809 g/mol. The van der Waals surface area contributed by atoms with E-state index in [2.05, 4.69) is 142 Å². The first-order chi connectivity index (χ1) is 28.3. The van der Waals surface area contributed by atoms with Gasteiger partial charge in [0.15, 0.2) is 27.3 Å². The van der Waals surface area contributed by atoms with Gasteiger partial charge in [-0.2, -0.15) is 4.99 Å². The molecule has 7 rings (SSSR count). The maximum atomic E-state index is 13.2. The summed E-state index contributed by atoms with van der Waals surface area (Å²) in [5.74, 6) is 0.924. The van der Waals surface area contributed by atoms with E-state index in [9.17, 15) is 4.79 Å². The summed E-state index contributed by atoms with van der Waals surface area (Å²) in [7, 11) is -2.50. The number of methoxy groups -OCH3 is 1. The Morgan fingerprint density at radius 1 is 0.898 bits per heavy atom. The average Bonchev–Trinajstić information content (AvgIpc) is 3.81. The molecule has 0 radical (unpaired) electrons. The molecule has 0 aliphatic carbocycles. The number of aryl methyl sites for hydroxylation is 1. The van der Waals surface area contributed by atoms with Crippen molar-refractivity contribution in [3.63, 3.8) is 0 Å². The van der Waals surface area contributed by atoms with Crippen LogP contribution >= 0.6 is 22.7 Å². The predicted octanol–water partition coefficient (Wildman–Crippen LogP) is 9.18. The van der Waals surface area contributed by atoms with Crippen molar-refractivity contribution >= 4 is 82.4 Å². The van der Waals surface area contributed by atoms with Crippen LogP contribution in [0.15, 0.2) is 89.9 Å². The first kappa shape index (κ1) is 42.8. The predicted molar refractivity (Wildman–Crippen MR) is 247 cm³/mol. The number of esters is 1. The second kappa shape index (κ2) is 18.1. The minimum atomic E-state index is -2.69. The van der Waals surface area contributed by atoms with Gasteiger partial charge < -0.3 is 18.8 Å². The molecule has 0 spiro atoms. The molecule has 0 saturated heterocycles. The van der Waals surface area contributed by atoms with Gasteiger partial charge in [0.1, 0.15) is 6.73 Å². The summed E-state index contributed by atoms with van der Waals surface area (Å²) in [5, 5.41) is 12.6. The molecule has 0 bridgehead atoms. The van der Waals surface area contributed by atoms with E-state index in [0.29, 0.717) is 42.9 Å². The molecule has 0 atom stereocenters. The number of anilines is 2. The smallest absolute Gasteiger partial charge is 0.357 e. The first-order valence-electron chi connectivity index (χ1n) is 20.5. The fourth-order valence-corrected chi connectivity index (χ4v) is 15.3. The van der Waals surface area contributed by atoms with Crippen molar-refractivity contribution in [3.8, 4) is 0 Å². The minimum Gasteiger partial charge on any atom is -0.464 e. The number of thiazole rings is 2. The first-order valence-corrected chi connectivity index (χ1v) is 27.7. The monoisotopic (exact) mass is 864 g/mol. The Balaban J connectivity index is 1.14. The van der Waals surface area contributed by atoms with E-state index in [1.807, 2.05) is 0 Å². The summed E-state index contributed by atoms with van der Waals surface area (Å²) >= 11 is 3.15. The normalized spacial score (nSPS) is 13.9. The molecule has 0 amide bonds. The van der Waals surface area contributed by atoms with Crippen molar-refractivity contribution in [1.29, 1.82) is 0 Å². The van der Waals surface area contributed by atoms with Crippen LogP contribution in [0.25, 0.3) is 10.2 Å². The Kier molecular flexibility index (Phi) is 13.1. The number of rotatable bonds is 15. The number of fused-ring (bicyclic) bond motifs is 2. The average molecular weight is 865 g/mol. The number of aromatic nitrogens is 4. The van der Waals surface area contributed by atoms with Crippen LogP contribution in [-0.4, -0.2) is 69.0 Å². The SMILES string of the molecule is COC(=O)c1nc(N2CCCc3c2nnc(N=c2sc4ccccc4n2COCC[Si](C)(C)C)c3C)sc1CCCO[Si](c1ccccc1)(c1ccccc1)C(C)(C)C. The Labute approximate surface area is 358 Å². The van der Waals surface area contributed by atoms with Gasteiger partial charge in [0.05, 0.1) is 17.3 Å². The van der Waals surface area contributed by atoms with E-state index in [1.54, 1.807) is 11.3 Å². The fourth-order valence-electron chi connectivity index (χ4n) is 7.82. The van der Waals surface area contributed by atoms with E-state index < -0.39 is 22.4 Å². The molecule has 1 aliphatic rings. The van der Waals surface area contributed by atoms with Gasteiger partial charge in [-0.15, -0.1) is 21.5 Å². The van der Waals surface area contributed by atoms with Gasteiger partial charge in [0, 0.05) is 43.8 Å². The van der Waals surface area contributed by atoms with Crippen molar-refractivity contribution < 1.29 is 18.7 Å². The Morgan fingerprint density at radius 2 is 1.58 bits per heavy atom. The molecule has 310 valence electrons. The van der Waals surface area contributed by atoms with Gasteiger partial charge in [0.25, 0.3) is 8.32 Å². The topological polar surface area (TPSA) is 104 Å². The molecule has 1 aliphatic heterocycles. The molecule has 4 heterocycles. The quantitative estimate of drug-likeness (QED) is 0.0572. The van der Waals surface area contributed by atoms with Crippen LogP contribution in [-0.2, 0) is 33.5 Å². The lowest BCUT2D eigenvalue weighted by molar-refractivity contribution is 0.0593. The molecule has 14 heteroatoms. The van der Waals surface area contributed by atoms with E-state index in [4.69, 9.17) is 34.1 Å². The van der Waals surface area contributed by atoms with Crippen LogP contribution in [0.2, 0.25) is 30.7 Å². The third-order valence-corrected chi connectivity index (χ3v) is 19.9. The fraction of sp³-hybridized carbons (Fsp3) is 0.400. The second-order valence-corrected chi connectivity index (χ2v) is 29.3. The van der Waals surface area contributed by atoms with Crippen molar-refractivity contribution in [1.82, 2.24) is 19.7 Å². The number of hydrogen-bond donors (Lipinski definition) is 0. The van der Waals surface area contributed by atoms with Crippen LogP contribution in [0.3, 0.4) is 0 Å². The molecule has 0 fully saturated rings. The second-order valence-electron chi connectivity index (χ2n) is 17.3. The highest BCUT2D eigenvalue weighted by Gasteiger charge is 2.50. The lowest BCUT2D eigenvalue weighted by atomic mass is 10.0. The summed E-state index contributed by atoms with van der Waals surface area (Å²) in [4.78, 5) is 27.0. The van der Waals surface area contributed by atoms with Gasteiger partial charge in [-0.1, -0.05) is 125 Å². The summed E-state index contributed by atoms with van der Waals surface area (Å²) in [6.07, 6.45) is 3.10. The zero-order valence-corrected chi connectivity index (χ0v) is 39.2. The Morgan fingerprint density at radius 3 is 2.24 bits per heavy atom. The maximum Gasteiger partial charge on any atom is 0.357 e. The molecule has 0 saturated carbocycles. The third kappa shape index (κ3) is 9.22. The number of hydrogen-bond acceptors (Lipinski definition) is 11. The number of carbonyl (C=O) groups excluding carboxylic acids is 1. The molecule has 3 aromatic heterocycles. The Hall–Kier alpha value is -4.32. The van der Waals surface area contributed by atoms with Crippen LogP contribution in [0.1, 0.15) is 60.1 Å². The molecule has 3 aromatic carbocycles. The van der Waals surface area contributed by atoms with E-state index >= 15 is 0 Å². The molecule has 10 nitrogen and oxygen atoms in total. The number of carbonyl (C=O) groups is 1. The van der Waals surface area contributed by atoms with E-state index in [0.717, 1.165) is 68.8 Å². The highest BCUT2D eigenvalue weighted by molar-refractivity contribution is 7.16. The van der Waals surface area contributed by atoms with Crippen LogP contribution in [0.4, 0.5) is 16.8 Å². The number of para-hydroxylation sites is 1. The van der Waals surface area contributed by atoms with Gasteiger partial charge in [-0.3, -0.25) is 4.57 Å². The zero-order chi connectivity index (χ0) is 41.8. The Bertz CT molecular complexity index is 2420. The minimum absolute atomic E-state index is 0.126. The van der Waals surface area contributed by atoms with E-state index in [1.165, 1.54) is 28.8 Å². The van der Waals surface area contributed by atoms with Crippen LogP contribution in [0, 0.1) is 6.92 Å². The van der Waals surface area contributed by atoms with Crippen molar-refractivity contribution in [2.45, 2.75) is 90.8 Å². The summed E-state index contributed by atoms with van der Waals surface area (Å²) in [6, 6.07) is 30.8. The van der Waals surface area contributed by atoms with Gasteiger partial charge >= 0.3 is 5.97 Å². The third-order valence-electron chi connectivity index (χ3n) is 10.9. The highest BCUT2D eigenvalue weighted by atomic mass is 32.1. The highest BCUT2D eigenvalue weighted by Crippen LogP contribution is 2.40. The van der Waals surface area contributed by atoms with Gasteiger partial charge in [-0.05, 0) is 66.2 Å². The maximum absolute atomic E-state index is 13.2. The lowest BCUT2D eigenvalue weighted by Crippen LogP contribution is -2.66. The molecule has 59 heavy (non-hydrogen) atoms. The number of nitrogens with zero attached hydrogens (tertiary/aromatic N) is 6. The number of benzene rings is 3. The van der Waals surface area contributed by atoms with Crippen LogP contribution < -0.4 is 20.1 Å². The standard InChI is InChI=1S/C45H56N6O4S2Si2/c1-32-35-23-17-27-50(41(35)49-48-40(32)47-44-51(31-54-29-30-58(6,7)8)36-24-15-16-25-37(36)56-44)43-46-39(42(52)53-5)38(57-43)26-18-28-55-59(45(2,3)4,33-19-11-9-12-20-33)34-21-13-10-14-22-34/h9-16,19-22,24-25H,17-18,23,26-31H2,1-8H3. The van der Waals surface area contributed by atoms with E-state index in [-0.39, 0.29) is 5.04 Å². The van der Waals surface area contributed by atoms with Gasteiger partial charge in [-0.25, -0.2) is 9.78 Å². The molecule has 0 unspecified atom stereocenters. The molecule has 6 aromatic rings. The summed E-state index contributed by atoms with van der Waals surface area (Å²) < 4.78 is 21.9. The lowest BCUT2D eigenvalue weighted by Gasteiger charge is -2.43. The summed E-state index contributed by atoms with van der Waals surface area (Å²) in [6.45, 7) is 18.4. The molecular formula is C45H56N6O4S2Si2. The summed E-state index contributed by atoms with van der Waals surface area (Å²) in [5.41, 5.74) is 3.53. The van der Waals surface area contributed by atoms with Crippen molar-refractivity contribution in [2.24, 2.45) is 4.99 Å². The van der Waals surface area contributed by atoms with Crippen molar-refractivity contribution in [3.05, 3.63) is 111 Å².